The van der Waals surface area contributed by atoms with Gasteiger partial charge in [0.05, 0.1) is 81.8 Å². The predicted octanol–water partition coefficient (Wildman–Crippen LogP) is 7.90. The number of nitrogens with two attached hydrogens (primary N) is 3. The number of hydrogen-bond donors (Lipinski definition) is 8. The number of nitrogen functional groups attached to an aromatic ring is 3. The van der Waals surface area contributed by atoms with Gasteiger partial charge in [0, 0.05) is 5.02 Å². The van der Waals surface area contributed by atoms with Gasteiger partial charge in [-0.25, -0.2) is 65.2 Å². The van der Waals surface area contributed by atoms with Crippen molar-refractivity contribution in [2.24, 2.45) is 0 Å². The molecular weight excluding hydrogens is 1380 g/mol. The highest BCUT2D eigenvalue weighted by molar-refractivity contribution is 7.59. The summed E-state index contributed by atoms with van der Waals surface area (Å²) in [5, 5.41) is 11.5. The number of carbonyl (C=O) groups excluding carboxylic acids is 4. The summed E-state index contributed by atoms with van der Waals surface area (Å²) in [6, 6.07) is 5.48. The van der Waals surface area contributed by atoms with Gasteiger partial charge in [-0.3, -0.25) is 32.9 Å². The fourth-order valence-electron chi connectivity index (χ4n) is 9.00. The summed E-state index contributed by atoms with van der Waals surface area (Å²) in [6.07, 6.45) is 6.94. The number of ether oxygens (including phenoxy) is 7. The van der Waals surface area contributed by atoms with Crippen molar-refractivity contribution in [3.63, 3.8) is 0 Å². The topological polar surface area (TPSA) is 471 Å². The molecule has 0 aliphatic rings. The number of hydrogen-bond acceptors (Lipinski definition) is 27. The van der Waals surface area contributed by atoms with E-state index in [2.05, 4.69) is 65.2 Å². The molecule has 6 heterocycles. The van der Waals surface area contributed by atoms with Crippen molar-refractivity contribution < 1.29 is 75.4 Å². The number of imidazole rings is 3. The fourth-order valence-corrected chi connectivity index (χ4v) is 15.0. The Balaban J connectivity index is 0.000000273. The van der Waals surface area contributed by atoms with Crippen LogP contribution in [0.3, 0.4) is 0 Å². The number of esters is 4. The largest absolute Gasteiger partial charge is 0.465 e. The van der Waals surface area contributed by atoms with Gasteiger partial charge in [0.15, 0.2) is 34.4 Å². The number of carbonyl (C=O) groups is 4. The number of fused-ring (bicyclic) bond motifs is 3. The number of nitrogens with one attached hydrogen (secondary N) is 4. The predicted molar refractivity (Wildman–Crippen MR) is 376 cm³/mol. The van der Waals surface area contributed by atoms with Crippen LogP contribution in [0.4, 0.5) is 17.5 Å². The molecule has 0 spiro atoms. The molecule has 100 heavy (non-hydrogen) atoms. The first kappa shape index (κ1) is 83.3. The highest BCUT2D eigenvalue weighted by atomic mass is 35.5. The molecule has 0 aliphatic carbocycles. The van der Waals surface area contributed by atoms with Crippen LogP contribution in [0.5, 0.6) is 5.75 Å². The first-order valence-electron chi connectivity index (χ1n) is 32.1. The van der Waals surface area contributed by atoms with Gasteiger partial charge < -0.3 is 73.5 Å². The van der Waals surface area contributed by atoms with E-state index in [9.17, 15) is 37.8 Å². The second-order valence-electron chi connectivity index (χ2n) is 25.9. The second kappa shape index (κ2) is 36.5. The van der Waals surface area contributed by atoms with Crippen molar-refractivity contribution in [3.8, 4) is 5.75 Å². The lowest BCUT2D eigenvalue weighted by Gasteiger charge is -2.32. The van der Waals surface area contributed by atoms with Gasteiger partial charge in [-0.05, 0) is 141 Å². The van der Waals surface area contributed by atoms with Crippen molar-refractivity contribution in [2.75, 3.05) is 42.9 Å². The highest BCUT2D eigenvalue weighted by Gasteiger charge is 2.42. The number of unbranched alkanes of at least 4 members (excludes halogenated alkanes) is 1. The molecule has 6 aromatic heterocycles. The number of aromatic nitrogens is 12. The second-order valence-corrected chi connectivity index (χ2v) is 32.5. The Morgan fingerprint density at radius 3 is 1.30 bits per heavy atom. The molecule has 0 saturated carbocycles. The Morgan fingerprint density at radius 2 is 0.910 bits per heavy atom. The van der Waals surface area contributed by atoms with E-state index >= 15 is 0 Å². The van der Waals surface area contributed by atoms with Crippen molar-refractivity contribution in [1.29, 1.82) is 0 Å². The molecule has 1 aromatic carbocycles. The summed E-state index contributed by atoms with van der Waals surface area (Å²) in [5.41, 5.74) is 16.6. The zero-order valence-electron chi connectivity index (χ0n) is 59.6. The Bertz CT molecular complexity index is 4010. The van der Waals surface area contributed by atoms with Crippen LogP contribution >= 0.6 is 34.1 Å². The summed E-state index contributed by atoms with van der Waals surface area (Å²) in [5.74, 6) is -1.19. The molecule has 7 rings (SSSR count). The van der Waals surface area contributed by atoms with Crippen LogP contribution in [-0.4, -0.2) is 172 Å². The van der Waals surface area contributed by atoms with E-state index in [4.69, 9.17) is 66.5 Å². The molecule has 0 radical (unpaired) electrons. The molecular formula is C61H97ClN19O16P3. The molecule has 554 valence electrons. The Morgan fingerprint density at radius 1 is 0.540 bits per heavy atom. The van der Waals surface area contributed by atoms with Crippen LogP contribution in [0, 0.1) is 0 Å². The molecule has 0 amide bonds. The van der Waals surface area contributed by atoms with Crippen LogP contribution in [0.2, 0.25) is 5.02 Å². The number of benzene rings is 1. The van der Waals surface area contributed by atoms with Crippen molar-refractivity contribution in [2.45, 2.75) is 209 Å². The third-order valence-corrected chi connectivity index (χ3v) is 19.5. The first-order chi connectivity index (χ1) is 46.6. The normalized spacial score (nSPS) is 15.1. The smallest absolute Gasteiger partial charge is 0.342 e. The molecule has 0 saturated heterocycles. The Labute approximate surface area is 586 Å². The van der Waals surface area contributed by atoms with Crippen LogP contribution in [0.1, 0.15) is 131 Å². The molecule has 39 heteroatoms. The minimum Gasteiger partial charge on any atom is -0.465 e. The van der Waals surface area contributed by atoms with Gasteiger partial charge in [0.25, 0.3) is 7.52 Å². The standard InChI is InChI=1S/C23H40N7O6P.C22H30ClN6O5P.C16H27N6O5P/c1-8-9-10-34-21(31)17(5)28-37(33,29-23(6,7)22(32)36-15(2)3)14-35-16(4)11-30-13-27-18-19(24)25-12-26-20(18)30;1-14(2)33-21(30)22(4,5)28-35(31,34-17-8-6-16(23)7-9-17)13-32-15(3)10-29-12-27-18-19(24)25-11-26-20(18)29;1-10(2)27-15(23)16(4,5)21-28(24,25)9-26-11(3)6-22-8-20-12-13(17)18-7-19-14(12)22/h12-13,15-17H,8-11,14H2,1-7H3,(H2,24,25,26)(H2,28,29,33);6-9,11-12,14-15H,10,13H2,1-5H3,(H,28,31)(H2,24,25,26);7-8,10-11H,6,9H2,1-5H3,(H2,17,18,19)(H2,21,24,25)/t16-,17-,37?;15-,35?;11-/m111/s1. The van der Waals surface area contributed by atoms with Crippen LogP contribution in [-0.2, 0) is 85.7 Å². The average Bonchev–Trinajstić information content (AvgIpc) is 1.39. The zero-order valence-corrected chi connectivity index (χ0v) is 63.0. The van der Waals surface area contributed by atoms with E-state index < -0.39 is 93.7 Å². The van der Waals surface area contributed by atoms with E-state index in [1.807, 2.05) is 6.92 Å². The number of nitrogens with zero attached hydrogens (tertiary/aromatic N) is 12. The molecule has 7 aromatic rings. The lowest BCUT2D eigenvalue weighted by molar-refractivity contribution is -0.154. The minimum absolute atomic E-state index is 0.269. The molecule has 35 nitrogen and oxygen atoms in total. The maximum Gasteiger partial charge on any atom is 0.342 e. The van der Waals surface area contributed by atoms with Crippen molar-refractivity contribution in [1.82, 2.24) is 78.9 Å². The lowest BCUT2D eigenvalue weighted by atomic mass is 10.1. The van der Waals surface area contributed by atoms with Crippen molar-refractivity contribution in [3.05, 3.63) is 67.3 Å². The summed E-state index contributed by atoms with van der Waals surface area (Å²) < 4.78 is 89.7. The SMILES string of the molecule is CC(C)OC(=O)C(C)(C)NP(=O)(CO[C@H](C)Cn1cnc2c(N)ncnc21)Oc1ccc(Cl)cc1.CC(C)OC(=O)C(C)(C)NP(=O)(O)CO[C@H](C)Cn1cnc2c(N)ncnc21.CCCCOC(=O)[C@@H](C)NP(=O)(CO[C@H](C)Cn1cnc2c(N)ncnc21)NC(C)(C)C(=O)OC(C)C. The van der Waals surface area contributed by atoms with E-state index in [0.717, 1.165) is 12.8 Å². The van der Waals surface area contributed by atoms with Crippen molar-refractivity contribution >= 4 is 109 Å². The van der Waals surface area contributed by atoms with E-state index in [0.29, 0.717) is 63.9 Å². The Kier molecular flexibility index (Phi) is 30.4. The maximum atomic E-state index is 14.0. The minimum atomic E-state index is -3.95. The first-order valence-corrected chi connectivity index (χ1v) is 38.0. The quantitative estimate of drug-likeness (QED) is 0.00809. The van der Waals surface area contributed by atoms with Crippen LogP contribution in [0.25, 0.3) is 33.5 Å². The van der Waals surface area contributed by atoms with Gasteiger partial charge in [-0.2, -0.15) is 0 Å². The van der Waals surface area contributed by atoms with E-state index in [1.165, 1.54) is 32.8 Å². The van der Waals surface area contributed by atoms with E-state index in [-0.39, 0.29) is 55.1 Å². The van der Waals surface area contributed by atoms with Gasteiger partial charge >= 0.3 is 31.4 Å². The molecule has 3 unspecified atom stereocenters. The lowest BCUT2D eigenvalue weighted by Crippen LogP contribution is -2.50. The number of rotatable bonds is 35. The number of anilines is 3. The van der Waals surface area contributed by atoms with Gasteiger partial charge in [0.2, 0.25) is 7.44 Å². The van der Waals surface area contributed by atoms with Crippen LogP contribution in [0.15, 0.2) is 62.2 Å². The maximum absolute atomic E-state index is 14.0. The summed E-state index contributed by atoms with van der Waals surface area (Å²) in [6.45, 7) is 29.7. The summed E-state index contributed by atoms with van der Waals surface area (Å²) in [4.78, 5) is 96.9. The highest BCUT2D eigenvalue weighted by Crippen LogP contribution is 2.46. The monoisotopic (exact) mass is 1480 g/mol. The van der Waals surface area contributed by atoms with Gasteiger partial charge in [-0.1, -0.05) is 24.9 Å². The third-order valence-electron chi connectivity index (χ3n) is 13.7. The zero-order chi connectivity index (χ0) is 74.7. The fraction of sp³-hybridized carbons (Fsp3) is 0.590. The molecule has 7 atom stereocenters. The Hall–Kier alpha value is -7.39. The molecule has 0 fully saturated rings. The number of halogens is 1. The molecule has 0 aliphatic heterocycles. The molecule has 11 N–H and O–H groups in total. The van der Waals surface area contributed by atoms with Gasteiger partial charge in [-0.15, -0.1) is 0 Å². The summed E-state index contributed by atoms with van der Waals surface area (Å²) in [7, 11) is -11.4. The average molecular weight is 1480 g/mol. The van der Waals surface area contributed by atoms with Crippen LogP contribution < -0.4 is 42.1 Å². The van der Waals surface area contributed by atoms with Gasteiger partial charge in [0.1, 0.15) is 83.0 Å². The molecule has 0 bridgehead atoms. The third kappa shape index (κ3) is 25.6. The summed E-state index contributed by atoms with van der Waals surface area (Å²) >= 11 is 5.95. The van der Waals surface area contributed by atoms with E-state index in [1.54, 1.807) is 154 Å².